The van der Waals surface area contributed by atoms with E-state index >= 15 is 0 Å². The van der Waals surface area contributed by atoms with Gasteiger partial charge in [0, 0.05) is 18.8 Å². The molecule has 0 saturated heterocycles. The van der Waals surface area contributed by atoms with Crippen molar-refractivity contribution in [3.05, 3.63) is 12.3 Å². The zero-order chi connectivity index (χ0) is 13.7. The molecule has 6 heteroatoms. The lowest BCUT2D eigenvalue weighted by molar-refractivity contribution is -0.147. The van der Waals surface area contributed by atoms with Gasteiger partial charge >= 0.3 is 5.97 Å². The normalized spacial score (nSPS) is 17.1. The minimum atomic E-state index is -0.738. The third kappa shape index (κ3) is 3.13. The summed E-state index contributed by atoms with van der Waals surface area (Å²) in [7, 11) is 0. The molecular formula is C13H19N3O3. The van der Waals surface area contributed by atoms with E-state index in [1.54, 1.807) is 12.3 Å². The number of nitrogens with one attached hydrogen (secondary N) is 1. The number of nitrogens with zero attached hydrogens (tertiary/aromatic N) is 2. The maximum atomic E-state index is 11.4. The van der Waals surface area contributed by atoms with Crippen LogP contribution in [-0.4, -0.2) is 34.2 Å². The monoisotopic (exact) mass is 265 g/mol. The van der Waals surface area contributed by atoms with Gasteiger partial charge in [-0.3, -0.25) is 4.79 Å². The fourth-order valence-electron chi connectivity index (χ4n) is 2.42. The summed E-state index contributed by atoms with van der Waals surface area (Å²) >= 11 is 0. The predicted octanol–water partition coefficient (Wildman–Crippen LogP) is 1.93. The van der Waals surface area contributed by atoms with Crippen LogP contribution in [0.25, 0.3) is 0 Å². The minimum Gasteiger partial charge on any atom is -0.481 e. The molecule has 0 amide bonds. The Kier molecular flexibility index (Phi) is 4.19. The molecule has 0 radical (unpaired) electrons. The number of aromatic nitrogens is 2. The molecule has 0 atom stereocenters. The Balaban J connectivity index is 2.01. The molecule has 2 N–H and O–H groups in total. The van der Waals surface area contributed by atoms with E-state index < -0.39 is 11.4 Å². The van der Waals surface area contributed by atoms with Gasteiger partial charge in [-0.25, -0.2) is 4.98 Å². The van der Waals surface area contributed by atoms with Crippen molar-refractivity contribution in [2.24, 2.45) is 5.41 Å². The van der Waals surface area contributed by atoms with E-state index in [0.717, 1.165) is 12.8 Å². The third-order valence-electron chi connectivity index (χ3n) is 3.52. The number of hydrogen-bond donors (Lipinski definition) is 2. The van der Waals surface area contributed by atoms with E-state index in [1.165, 1.54) is 0 Å². The first-order valence-electron chi connectivity index (χ1n) is 6.59. The third-order valence-corrected chi connectivity index (χ3v) is 3.52. The van der Waals surface area contributed by atoms with Crippen LogP contribution in [0.4, 0.5) is 5.95 Å². The number of carbonyl (C=O) groups is 1. The first kappa shape index (κ1) is 13.6. The summed E-state index contributed by atoms with van der Waals surface area (Å²) in [5.41, 5.74) is -0.676. The average Bonchev–Trinajstić information content (AvgIpc) is 2.87. The van der Waals surface area contributed by atoms with Gasteiger partial charge in [0.2, 0.25) is 11.8 Å². The topological polar surface area (TPSA) is 84.3 Å². The SMILES string of the molecule is CCOc1ccnc(NCC2(C(=O)O)CCCC2)n1. The van der Waals surface area contributed by atoms with Crippen LogP contribution in [0.1, 0.15) is 32.6 Å². The standard InChI is InChI=1S/C13H19N3O3/c1-2-19-10-5-8-14-12(16-10)15-9-13(11(17)18)6-3-4-7-13/h5,8H,2-4,6-7,9H2,1H3,(H,17,18)(H,14,15,16). The van der Waals surface area contributed by atoms with E-state index in [-0.39, 0.29) is 0 Å². The molecule has 19 heavy (non-hydrogen) atoms. The van der Waals surface area contributed by atoms with E-state index in [0.29, 0.717) is 37.8 Å². The van der Waals surface area contributed by atoms with Gasteiger partial charge in [-0.05, 0) is 19.8 Å². The zero-order valence-corrected chi connectivity index (χ0v) is 11.1. The molecule has 104 valence electrons. The number of rotatable bonds is 6. The fourth-order valence-corrected chi connectivity index (χ4v) is 2.42. The van der Waals surface area contributed by atoms with Crippen LogP contribution in [0, 0.1) is 5.41 Å². The fraction of sp³-hybridized carbons (Fsp3) is 0.615. The molecule has 0 bridgehead atoms. The Morgan fingerprint density at radius 2 is 2.26 bits per heavy atom. The molecule has 0 aromatic carbocycles. The minimum absolute atomic E-state index is 0.359. The molecule has 0 unspecified atom stereocenters. The molecule has 1 saturated carbocycles. The van der Waals surface area contributed by atoms with Gasteiger partial charge in [0.15, 0.2) is 0 Å². The molecule has 1 aromatic heterocycles. The van der Waals surface area contributed by atoms with E-state index in [4.69, 9.17) is 4.74 Å². The summed E-state index contributed by atoms with van der Waals surface area (Å²) in [6.07, 6.45) is 4.95. The van der Waals surface area contributed by atoms with Crippen LogP contribution in [0.15, 0.2) is 12.3 Å². The second kappa shape index (κ2) is 5.86. The zero-order valence-electron chi connectivity index (χ0n) is 11.1. The first-order chi connectivity index (χ1) is 9.16. The largest absolute Gasteiger partial charge is 0.481 e. The van der Waals surface area contributed by atoms with E-state index in [1.807, 2.05) is 6.92 Å². The van der Waals surface area contributed by atoms with Crippen molar-refractivity contribution < 1.29 is 14.6 Å². The molecule has 1 aromatic rings. The highest BCUT2D eigenvalue weighted by Gasteiger charge is 2.41. The maximum absolute atomic E-state index is 11.4. The predicted molar refractivity (Wildman–Crippen MR) is 70.2 cm³/mol. The van der Waals surface area contributed by atoms with Crippen molar-refractivity contribution in [3.63, 3.8) is 0 Å². The number of aliphatic carboxylic acids is 1. The van der Waals surface area contributed by atoms with Gasteiger partial charge < -0.3 is 15.2 Å². The summed E-state index contributed by atoms with van der Waals surface area (Å²) in [6.45, 7) is 2.78. The van der Waals surface area contributed by atoms with Crippen LogP contribution in [0.3, 0.4) is 0 Å². The number of anilines is 1. The van der Waals surface area contributed by atoms with Crippen LogP contribution in [0.2, 0.25) is 0 Å². The number of carboxylic acids is 1. The lowest BCUT2D eigenvalue weighted by atomic mass is 9.86. The van der Waals surface area contributed by atoms with Crippen molar-refractivity contribution in [3.8, 4) is 5.88 Å². The Morgan fingerprint density at radius 1 is 1.53 bits per heavy atom. The summed E-state index contributed by atoms with van der Waals surface area (Å²) in [5.74, 6) is 0.174. The van der Waals surface area contributed by atoms with Gasteiger partial charge in [0.25, 0.3) is 0 Å². The summed E-state index contributed by atoms with van der Waals surface area (Å²) in [4.78, 5) is 19.7. The highest BCUT2D eigenvalue weighted by molar-refractivity contribution is 5.75. The molecule has 1 heterocycles. The molecule has 0 aliphatic heterocycles. The van der Waals surface area contributed by atoms with Crippen molar-refractivity contribution in [2.45, 2.75) is 32.6 Å². The number of hydrogen-bond acceptors (Lipinski definition) is 5. The van der Waals surface area contributed by atoms with Crippen LogP contribution in [0.5, 0.6) is 5.88 Å². The highest BCUT2D eigenvalue weighted by Crippen LogP contribution is 2.38. The quantitative estimate of drug-likeness (QED) is 0.817. The highest BCUT2D eigenvalue weighted by atomic mass is 16.5. The van der Waals surface area contributed by atoms with E-state index in [9.17, 15) is 9.90 Å². The van der Waals surface area contributed by atoms with Crippen molar-refractivity contribution in [1.82, 2.24) is 9.97 Å². The smallest absolute Gasteiger partial charge is 0.311 e. The van der Waals surface area contributed by atoms with Gasteiger partial charge in [-0.1, -0.05) is 12.8 Å². The first-order valence-corrected chi connectivity index (χ1v) is 6.59. The molecule has 1 aliphatic rings. The summed E-state index contributed by atoms with van der Waals surface area (Å²) in [5, 5.41) is 12.4. The lowest BCUT2D eigenvalue weighted by Crippen LogP contribution is -2.35. The van der Waals surface area contributed by atoms with Gasteiger partial charge in [0.1, 0.15) is 0 Å². The van der Waals surface area contributed by atoms with Crippen LogP contribution >= 0.6 is 0 Å². The second-order valence-corrected chi connectivity index (χ2v) is 4.80. The molecule has 1 fully saturated rings. The Bertz CT molecular complexity index is 445. The van der Waals surface area contributed by atoms with Crippen molar-refractivity contribution >= 4 is 11.9 Å². The summed E-state index contributed by atoms with van der Waals surface area (Å²) < 4.78 is 5.28. The molecule has 0 spiro atoms. The van der Waals surface area contributed by atoms with Gasteiger partial charge in [-0.15, -0.1) is 0 Å². The Hall–Kier alpha value is -1.85. The number of ether oxygens (including phenoxy) is 1. The second-order valence-electron chi connectivity index (χ2n) is 4.80. The van der Waals surface area contributed by atoms with Crippen molar-refractivity contribution in [1.29, 1.82) is 0 Å². The van der Waals surface area contributed by atoms with Crippen LogP contribution < -0.4 is 10.1 Å². The number of carboxylic acid groups (broad SMARTS) is 1. The van der Waals surface area contributed by atoms with E-state index in [2.05, 4.69) is 15.3 Å². The maximum Gasteiger partial charge on any atom is 0.311 e. The molecule has 2 rings (SSSR count). The summed E-state index contributed by atoms with van der Waals surface area (Å²) in [6, 6.07) is 1.68. The van der Waals surface area contributed by atoms with Crippen molar-refractivity contribution in [2.75, 3.05) is 18.5 Å². The molecular weight excluding hydrogens is 246 g/mol. The van der Waals surface area contributed by atoms with Gasteiger partial charge in [-0.2, -0.15) is 4.98 Å². The van der Waals surface area contributed by atoms with Crippen LogP contribution in [-0.2, 0) is 4.79 Å². The lowest BCUT2D eigenvalue weighted by Gasteiger charge is -2.23. The van der Waals surface area contributed by atoms with Gasteiger partial charge in [0.05, 0.1) is 12.0 Å². The Labute approximate surface area is 112 Å². The Morgan fingerprint density at radius 3 is 2.89 bits per heavy atom. The average molecular weight is 265 g/mol. The molecule has 1 aliphatic carbocycles. The molecule has 6 nitrogen and oxygen atoms in total.